The van der Waals surface area contributed by atoms with Crippen molar-refractivity contribution in [2.75, 3.05) is 18.8 Å². The van der Waals surface area contributed by atoms with Crippen LogP contribution in [0.15, 0.2) is 18.2 Å². The molecule has 1 aromatic carbocycles. The lowest BCUT2D eigenvalue weighted by molar-refractivity contribution is -0.0958. The maximum Gasteiger partial charge on any atom is 0.256 e. The Labute approximate surface area is 106 Å². The molecule has 1 saturated carbocycles. The van der Waals surface area contributed by atoms with Crippen molar-refractivity contribution >= 4 is 11.6 Å². The first-order valence-corrected chi connectivity index (χ1v) is 6.38. The summed E-state index contributed by atoms with van der Waals surface area (Å²) in [5.41, 5.74) is 7.22. The number of aryl methyl sites for hydroxylation is 1. The first kappa shape index (κ1) is 11.5. The molecule has 1 aliphatic heterocycles. The first-order valence-electron chi connectivity index (χ1n) is 6.38. The number of nitrogens with zero attached hydrogens (tertiary/aromatic N) is 1. The lowest BCUT2D eigenvalue weighted by atomic mass is 9.87. The molecule has 1 aromatic rings. The quantitative estimate of drug-likeness (QED) is 0.770. The van der Waals surface area contributed by atoms with Gasteiger partial charge in [0.15, 0.2) is 0 Å². The number of nitrogens with two attached hydrogens (primary N) is 1. The van der Waals surface area contributed by atoms with Gasteiger partial charge in [0.25, 0.3) is 5.91 Å². The summed E-state index contributed by atoms with van der Waals surface area (Å²) in [5, 5.41) is 10.2. The zero-order valence-corrected chi connectivity index (χ0v) is 10.5. The molecule has 0 unspecified atom stereocenters. The third-order valence-corrected chi connectivity index (χ3v) is 4.07. The lowest BCUT2D eigenvalue weighted by Crippen LogP contribution is -2.64. The zero-order chi connectivity index (χ0) is 12.9. The minimum atomic E-state index is -0.632. The van der Waals surface area contributed by atoms with Gasteiger partial charge >= 0.3 is 0 Å². The second kappa shape index (κ2) is 3.72. The molecule has 0 atom stereocenters. The second-order valence-electron chi connectivity index (χ2n) is 5.58. The molecule has 1 heterocycles. The molecule has 3 N–H and O–H groups in total. The van der Waals surface area contributed by atoms with Gasteiger partial charge in [0, 0.05) is 5.69 Å². The standard InChI is InChI=1S/C14H18N2O2/c1-9-3-2-4-11(15)12(9)13(17)16-7-14(18,8-16)10-5-6-10/h2-4,10,18H,5-8,15H2,1H3. The van der Waals surface area contributed by atoms with E-state index in [0.717, 1.165) is 18.4 Å². The number of anilines is 1. The van der Waals surface area contributed by atoms with E-state index in [2.05, 4.69) is 0 Å². The summed E-state index contributed by atoms with van der Waals surface area (Å²) in [6.07, 6.45) is 2.18. The number of β-amino-alcohol motifs (C(OH)–C–C–N with tert-alkyl or cyclic N) is 1. The molecule has 4 nitrogen and oxygen atoms in total. The molecule has 96 valence electrons. The molecule has 0 aromatic heterocycles. The number of benzene rings is 1. The number of carbonyl (C=O) groups excluding carboxylic acids is 1. The zero-order valence-electron chi connectivity index (χ0n) is 10.5. The summed E-state index contributed by atoms with van der Waals surface area (Å²) in [5.74, 6) is 0.340. The Kier molecular flexibility index (Phi) is 2.38. The molecule has 4 heteroatoms. The van der Waals surface area contributed by atoms with Crippen LogP contribution in [0, 0.1) is 12.8 Å². The van der Waals surface area contributed by atoms with E-state index in [1.165, 1.54) is 0 Å². The summed E-state index contributed by atoms with van der Waals surface area (Å²) in [6.45, 7) is 2.78. The largest absolute Gasteiger partial charge is 0.398 e. The summed E-state index contributed by atoms with van der Waals surface area (Å²) < 4.78 is 0. The molecule has 1 saturated heterocycles. The molecule has 0 spiro atoms. The van der Waals surface area contributed by atoms with Crippen molar-refractivity contribution in [1.82, 2.24) is 4.90 Å². The molecular weight excluding hydrogens is 228 g/mol. The number of likely N-dealkylation sites (tertiary alicyclic amines) is 1. The van der Waals surface area contributed by atoms with Gasteiger partial charge in [-0.3, -0.25) is 4.79 Å². The van der Waals surface area contributed by atoms with Crippen molar-refractivity contribution in [3.05, 3.63) is 29.3 Å². The average Bonchev–Trinajstić information content (AvgIpc) is 3.08. The Morgan fingerprint density at radius 1 is 1.44 bits per heavy atom. The average molecular weight is 246 g/mol. The van der Waals surface area contributed by atoms with Crippen molar-refractivity contribution in [2.24, 2.45) is 5.92 Å². The number of nitrogen functional groups attached to an aromatic ring is 1. The summed E-state index contributed by atoms with van der Waals surface area (Å²) in [6, 6.07) is 5.47. The predicted molar refractivity (Wildman–Crippen MR) is 69.2 cm³/mol. The van der Waals surface area contributed by atoms with E-state index in [1.54, 1.807) is 11.0 Å². The van der Waals surface area contributed by atoms with Crippen LogP contribution < -0.4 is 5.73 Å². The van der Waals surface area contributed by atoms with Crippen molar-refractivity contribution in [1.29, 1.82) is 0 Å². The number of carbonyl (C=O) groups is 1. The Morgan fingerprint density at radius 2 is 2.11 bits per heavy atom. The molecule has 0 bridgehead atoms. The second-order valence-corrected chi connectivity index (χ2v) is 5.58. The predicted octanol–water partition coefficient (Wildman–Crippen LogP) is 1.17. The van der Waals surface area contributed by atoms with Crippen LogP contribution in [0.5, 0.6) is 0 Å². The topological polar surface area (TPSA) is 66.6 Å². The van der Waals surface area contributed by atoms with Crippen LogP contribution >= 0.6 is 0 Å². The van der Waals surface area contributed by atoms with E-state index in [9.17, 15) is 9.90 Å². The highest BCUT2D eigenvalue weighted by molar-refractivity contribution is 6.01. The smallest absolute Gasteiger partial charge is 0.256 e. The van der Waals surface area contributed by atoms with E-state index >= 15 is 0 Å². The Hall–Kier alpha value is -1.55. The van der Waals surface area contributed by atoms with Gasteiger partial charge in [0.1, 0.15) is 5.60 Å². The molecule has 18 heavy (non-hydrogen) atoms. The molecule has 1 aliphatic carbocycles. The maximum atomic E-state index is 12.3. The number of hydrogen-bond acceptors (Lipinski definition) is 3. The van der Waals surface area contributed by atoms with Crippen molar-refractivity contribution in [2.45, 2.75) is 25.4 Å². The summed E-state index contributed by atoms with van der Waals surface area (Å²) in [7, 11) is 0. The first-order chi connectivity index (χ1) is 8.51. The van der Waals surface area contributed by atoms with Gasteiger partial charge in [0.2, 0.25) is 0 Å². The van der Waals surface area contributed by atoms with E-state index < -0.39 is 5.60 Å². The monoisotopic (exact) mass is 246 g/mol. The molecule has 1 amide bonds. The number of aliphatic hydroxyl groups is 1. The van der Waals surface area contributed by atoms with Crippen LogP contribution in [-0.4, -0.2) is 34.6 Å². The highest BCUT2D eigenvalue weighted by atomic mass is 16.3. The third kappa shape index (κ3) is 1.68. The van der Waals surface area contributed by atoms with Crippen LogP contribution in [0.4, 0.5) is 5.69 Å². The summed E-state index contributed by atoms with van der Waals surface area (Å²) in [4.78, 5) is 14.0. The minimum absolute atomic E-state index is 0.0593. The van der Waals surface area contributed by atoms with Crippen LogP contribution in [0.3, 0.4) is 0 Å². The van der Waals surface area contributed by atoms with Crippen LogP contribution in [0.25, 0.3) is 0 Å². The van der Waals surface area contributed by atoms with Crippen LogP contribution in [0.2, 0.25) is 0 Å². The Morgan fingerprint density at radius 3 is 2.67 bits per heavy atom. The van der Waals surface area contributed by atoms with Gasteiger partial charge in [-0.1, -0.05) is 12.1 Å². The fourth-order valence-electron chi connectivity index (χ4n) is 2.78. The summed E-state index contributed by atoms with van der Waals surface area (Å²) >= 11 is 0. The fraction of sp³-hybridized carbons (Fsp3) is 0.500. The van der Waals surface area contributed by atoms with Crippen LogP contribution in [-0.2, 0) is 0 Å². The van der Waals surface area contributed by atoms with Gasteiger partial charge in [-0.15, -0.1) is 0 Å². The highest BCUT2D eigenvalue weighted by Gasteiger charge is 2.53. The van der Waals surface area contributed by atoms with Crippen molar-refractivity contribution in [3.63, 3.8) is 0 Å². The molecular formula is C14H18N2O2. The molecule has 2 aliphatic rings. The normalized spacial score (nSPS) is 21.6. The van der Waals surface area contributed by atoms with Gasteiger partial charge in [0.05, 0.1) is 18.7 Å². The Balaban J connectivity index is 1.76. The lowest BCUT2D eigenvalue weighted by Gasteiger charge is -2.47. The van der Waals surface area contributed by atoms with E-state index in [1.807, 2.05) is 19.1 Å². The maximum absolute atomic E-state index is 12.3. The van der Waals surface area contributed by atoms with Gasteiger partial charge in [-0.25, -0.2) is 0 Å². The molecule has 2 fully saturated rings. The van der Waals surface area contributed by atoms with Gasteiger partial charge in [-0.2, -0.15) is 0 Å². The highest BCUT2D eigenvalue weighted by Crippen LogP contribution is 2.45. The van der Waals surface area contributed by atoms with Gasteiger partial charge < -0.3 is 15.7 Å². The number of rotatable bonds is 2. The minimum Gasteiger partial charge on any atom is -0.398 e. The molecule has 0 radical (unpaired) electrons. The fourth-order valence-corrected chi connectivity index (χ4v) is 2.78. The number of hydrogen-bond donors (Lipinski definition) is 2. The van der Waals surface area contributed by atoms with Crippen molar-refractivity contribution < 1.29 is 9.90 Å². The van der Waals surface area contributed by atoms with Crippen LogP contribution in [0.1, 0.15) is 28.8 Å². The van der Waals surface area contributed by atoms with Crippen molar-refractivity contribution in [3.8, 4) is 0 Å². The van der Waals surface area contributed by atoms with E-state index in [4.69, 9.17) is 5.73 Å². The number of amides is 1. The third-order valence-electron chi connectivity index (χ3n) is 4.07. The van der Waals surface area contributed by atoms with Gasteiger partial charge in [-0.05, 0) is 37.3 Å². The molecule has 3 rings (SSSR count). The SMILES string of the molecule is Cc1cccc(N)c1C(=O)N1CC(O)(C2CC2)C1. The van der Waals surface area contributed by atoms with E-state index in [-0.39, 0.29) is 5.91 Å². The van der Waals surface area contributed by atoms with E-state index in [0.29, 0.717) is 30.3 Å². The Bertz CT molecular complexity index is 482.